The van der Waals surface area contributed by atoms with Crippen LogP contribution in [0.4, 0.5) is 4.39 Å². The van der Waals surface area contributed by atoms with Gasteiger partial charge in [0.25, 0.3) is 11.7 Å². The third-order valence-corrected chi connectivity index (χ3v) is 6.37. The van der Waals surface area contributed by atoms with E-state index in [1.165, 1.54) is 11.0 Å². The van der Waals surface area contributed by atoms with Crippen LogP contribution < -0.4 is 4.74 Å². The van der Waals surface area contributed by atoms with Gasteiger partial charge in [-0.2, -0.15) is 0 Å². The number of aliphatic hydroxyl groups is 1. The lowest BCUT2D eigenvalue weighted by Gasteiger charge is -2.27. The minimum Gasteiger partial charge on any atom is -0.507 e. The lowest BCUT2D eigenvalue weighted by Crippen LogP contribution is -2.36. The minimum absolute atomic E-state index is 0.0959. The molecule has 1 amide bonds. The average Bonchev–Trinajstić information content (AvgIpc) is 3.42. The number of amides is 1. The largest absolute Gasteiger partial charge is 0.507 e. The van der Waals surface area contributed by atoms with E-state index in [0.29, 0.717) is 24.5 Å². The first-order chi connectivity index (χ1) is 16.3. The number of carbonyl (C=O) groups excluding carboxylic acids is 2. The zero-order valence-corrected chi connectivity index (χ0v) is 19.7. The van der Waals surface area contributed by atoms with Gasteiger partial charge in [-0.15, -0.1) is 0 Å². The molecule has 34 heavy (non-hydrogen) atoms. The van der Waals surface area contributed by atoms with Gasteiger partial charge in [-0.05, 0) is 55.5 Å². The Morgan fingerprint density at radius 2 is 2.00 bits per heavy atom. The van der Waals surface area contributed by atoms with E-state index in [1.54, 1.807) is 36.4 Å². The van der Waals surface area contributed by atoms with Gasteiger partial charge in [0.2, 0.25) is 0 Å². The first-order valence-electron chi connectivity index (χ1n) is 11.7. The maximum atomic E-state index is 14.9. The van der Waals surface area contributed by atoms with Gasteiger partial charge in [-0.1, -0.05) is 32.0 Å². The van der Waals surface area contributed by atoms with Crippen LogP contribution in [0.5, 0.6) is 5.75 Å². The van der Waals surface area contributed by atoms with Gasteiger partial charge in [-0.25, -0.2) is 4.39 Å². The number of ketones is 1. The first kappa shape index (κ1) is 24.0. The van der Waals surface area contributed by atoms with Crippen molar-refractivity contribution in [2.45, 2.75) is 51.7 Å². The molecule has 2 fully saturated rings. The number of hydrogen-bond acceptors (Lipinski definition) is 5. The number of nitrogens with zero attached hydrogens (tertiary/aromatic N) is 1. The van der Waals surface area contributed by atoms with E-state index in [1.807, 2.05) is 20.8 Å². The van der Waals surface area contributed by atoms with Crippen molar-refractivity contribution >= 4 is 17.4 Å². The molecule has 2 aromatic rings. The summed E-state index contributed by atoms with van der Waals surface area (Å²) in [5, 5.41) is 11.3. The number of Topliss-reactive ketones (excluding diaryl/α,β-unsaturated/α-hetero) is 1. The SMILES string of the molecule is CCOc1ccc(/C(O)=C2\C(=O)C(=O)N(CC3CCCO3)C2c2ccccc2F)cc1C(C)C. The van der Waals surface area contributed by atoms with Gasteiger partial charge in [-0.3, -0.25) is 9.59 Å². The quantitative estimate of drug-likeness (QED) is 0.354. The Morgan fingerprint density at radius 1 is 1.24 bits per heavy atom. The molecule has 2 unspecified atom stereocenters. The maximum Gasteiger partial charge on any atom is 0.295 e. The summed E-state index contributed by atoms with van der Waals surface area (Å²) in [5.74, 6) is -1.68. The van der Waals surface area contributed by atoms with Crippen LogP contribution >= 0.6 is 0 Å². The lowest BCUT2D eigenvalue weighted by atomic mass is 9.93. The molecule has 0 aromatic heterocycles. The second kappa shape index (κ2) is 9.97. The van der Waals surface area contributed by atoms with Crippen molar-refractivity contribution in [3.8, 4) is 5.75 Å². The summed E-state index contributed by atoms with van der Waals surface area (Å²) in [4.78, 5) is 27.6. The highest BCUT2D eigenvalue weighted by atomic mass is 19.1. The third-order valence-electron chi connectivity index (χ3n) is 6.37. The number of carbonyl (C=O) groups is 2. The molecule has 1 N–H and O–H groups in total. The molecule has 7 heteroatoms. The van der Waals surface area contributed by atoms with Gasteiger partial charge < -0.3 is 19.5 Å². The molecule has 0 bridgehead atoms. The van der Waals surface area contributed by atoms with E-state index in [4.69, 9.17) is 9.47 Å². The smallest absolute Gasteiger partial charge is 0.295 e. The fourth-order valence-electron chi connectivity index (χ4n) is 4.69. The average molecular weight is 468 g/mol. The molecular weight excluding hydrogens is 437 g/mol. The van der Waals surface area contributed by atoms with Crippen molar-refractivity contribution in [2.24, 2.45) is 0 Å². The fourth-order valence-corrected chi connectivity index (χ4v) is 4.69. The van der Waals surface area contributed by atoms with E-state index in [0.717, 1.165) is 18.4 Å². The monoisotopic (exact) mass is 467 g/mol. The molecule has 2 heterocycles. The van der Waals surface area contributed by atoms with E-state index in [-0.39, 0.29) is 35.5 Å². The van der Waals surface area contributed by atoms with Gasteiger partial charge in [0.05, 0.1) is 24.3 Å². The Hall–Kier alpha value is -3.19. The van der Waals surface area contributed by atoms with Crippen molar-refractivity contribution in [3.05, 3.63) is 70.5 Å². The number of halogens is 1. The molecule has 2 saturated heterocycles. The molecule has 180 valence electrons. The number of ether oxygens (including phenoxy) is 2. The molecule has 2 aromatic carbocycles. The topological polar surface area (TPSA) is 76.1 Å². The van der Waals surface area contributed by atoms with Crippen LogP contribution in [0.3, 0.4) is 0 Å². The van der Waals surface area contributed by atoms with Crippen molar-refractivity contribution in [1.29, 1.82) is 0 Å². The summed E-state index contributed by atoms with van der Waals surface area (Å²) >= 11 is 0. The summed E-state index contributed by atoms with van der Waals surface area (Å²) in [6.45, 7) is 7.13. The minimum atomic E-state index is -1.04. The van der Waals surface area contributed by atoms with Gasteiger partial charge in [0.1, 0.15) is 17.3 Å². The lowest BCUT2D eigenvalue weighted by molar-refractivity contribution is -0.140. The van der Waals surface area contributed by atoms with E-state index >= 15 is 0 Å². The first-order valence-corrected chi connectivity index (χ1v) is 11.7. The highest BCUT2D eigenvalue weighted by Gasteiger charge is 2.47. The van der Waals surface area contributed by atoms with Gasteiger partial charge in [0.15, 0.2) is 0 Å². The van der Waals surface area contributed by atoms with Crippen molar-refractivity contribution in [2.75, 3.05) is 19.8 Å². The van der Waals surface area contributed by atoms with E-state index < -0.39 is 23.5 Å². The number of rotatable bonds is 7. The fraction of sp³-hybridized carbons (Fsp3) is 0.407. The Bertz CT molecular complexity index is 1120. The van der Waals surface area contributed by atoms with Crippen LogP contribution in [-0.2, 0) is 14.3 Å². The van der Waals surface area contributed by atoms with Crippen LogP contribution in [-0.4, -0.2) is 47.6 Å². The molecule has 0 spiro atoms. The molecule has 2 atom stereocenters. The summed E-state index contributed by atoms with van der Waals surface area (Å²) in [7, 11) is 0. The highest BCUT2D eigenvalue weighted by Crippen LogP contribution is 2.41. The van der Waals surface area contributed by atoms with Crippen molar-refractivity contribution in [1.82, 2.24) is 4.90 Å². The number of hydrogen-bond donors (Lipinski definition) is 1. The predicted octanol–water partition coefficient (Wildman–Crippen LogP) is 4.95. The van der Waals surface area contributed by atoms with Gasteiger partial charge >= 0.3 is 0 Å². The summed E-state index contributed by atoms with van der Waals surface area (Å²) in [6, 6.07) is 10.1. The second-order valence-corrected chi connectivity index (χ2v) is 8.95. The maximum absolute atomic E-state index is 14.9. The Morgan fingerprint density at radius 3 is 2.65 bits per heavy atom. The van der Waals surface area contributed by atoms with Gasteiger partial charge in [0, 0.05) is 24.3 Å². The van der Waals surface area contributed by atoms with Crippen molar-refractivity contribution < 1.29 is 28.6 Å². The summed E-state index contributed by atoms with van der Waals surface area (Å²) in [6.07, 6.45) is 1.39. The summed E-state index contributed by atoms with van der Waals surface area (Å²) in [5.41, 5.74) is 1.29. The molecule has 0 radical (unpaired) electrons. The molecule has 2 aliphatic heterocycles. The molecular formula is C27H30FNO5. The van der Waals surface area contributed by atoms with Crippen molar-refractivity contribution in [3.63, 3.8) is 0 Å². The van der Waals surface area contributed by atoms with Crippen LogP contribution in [0.25, 0.3) is 5.76 Å². The Kier molecular flexibility index (Phi) is 7.03. The van der Waals surface area contributed by atoms with Crippen LogP contribution in [0.2, 0.25) is 0 Å². The molecule has 0 aliphatic carbocycles. The normalized spacial score (nSPS) is 22.1. The highest BCUT2D eigenvalue weighted by molar-refractivity contribution is 6.46. The van der Waals surface area contributed by atoms with Crippen LogP contribution in [0.15, 0.2) is 48.0 Å². The standard InChI is InChI=1S/C27H30FNO5/c1-4-33-22-12-11-17(14-20(22)16(2)3)25(30)23-24(19-9-5-6-10-21(19)28)29(27(32)26(23)31)15-18-8-7-13-34-18/h5-6,9-12,14,16,18,24,30H,4,7-8,13,15H2,1-3H3/b25-23+. The van der Waals surface area contributed by atoms with Crippen LogP contribution in [0, 0.1) is 5.82 Å². The molecule has 4 rings (SSSR count). The van der Waals surface area contributed by atoms with Crippen LogP contribution in [0.1, 0.15) is 62.3 Å². The number of benzene rings is 2. The Labute approximate surface area is 199 Å². The third kappa shape index (κ3) is 4.44. The van der Waals surface area contributed by atoms with E-state index in [9.17, 15) is 19.1 Å². The number of likely N-dealkylation sites (tertiary alicyclic amines) is 1. The second-order valence-electron chi connectivity index (χ2n) is 8.95. The molecule has 0 saturated carbocycles. The van der Waals surface area contributed by atoms with E-state index in [2.05, 4.69) is 0 Å². The predicted molar refractivity (Wildman–Crippen MR) is 126 cm³/mol. The zero-order valence-electron chi connectivity index (χ0n) is 19.7. The number of aliphatic hydroxyl groups excluding tert-OH is 1. The molecule has 2 aliphatic rings. The molecule has 6 nitrogen and oxygen atoms in total. The zero-order chi connectivity index (χ0) is 24.4. The summed E-state index contributed by atoms with van der Waals surface area (Å²) < 4.78 is 26.3. The Balaban J connectivity index is 1.85.